The topological polar surface area (TPSA) is 247 Å². The second-order valence-corrected chi connectivity index (χ2v) is 22.4. The summed E-state index contributed by atoms with van der Waals surface area (Å²) in [5.41, 5.74) is 4.30. The van der Waals surface area contributed by atoms with Crippen molar-refractivity contribution in [1.29, 1.82) is 0 Å². The number of carbonyl (C=O) groups is 4. The lowest BCUT2D eigenvalue weighted by Gasteiger charge is -2.36. The minimum atomic E-state index is -4.55. The second kappa shape index (κ2) is 20.4. The minimum Gasteiger partial charge on any atom is -0.507 e. The number of phenols is 1. The quantitative estimate of drug-likeness (QED) is 0.0417. The van der Waals surface area contributed by atoms with Gasteiger partial charge in [0.25, 0.3) is 38.0 Å². The molecular formula is C51H64N4O13S2. The molecule has 19 heteroatoms. The number of rotatable bonds is 18. The number of aromatic hydroxyl groups is 1. The SMILES string of the molecule is Cc1ccc(S(=O)(=O)O)cc1C(C)(C)C(/C=C/C=C1/N(CCCCCC(=O)ON2C(=O)CCC2=O)c2ccc(S(=O)(=O)O)cc2C1(C)C)=NCCCNC(=O)C1(C)CCc2c(C)c(O)c(C)c(C)c2O1. The van der Waals surface area contributed by atoms with Crippen LogP contribution in [0.4, 0.5) is 5.69 Å². The standard InChI is InChI=1S/C51H64N4O13S2/c1-31-18-19-35(69(61,62)63)29-38(31)49(5,6)41(52-26-14-27-53-48(60)51(9)25-24-37-34(4)46(59)32(2)33(3)47(37)67-51)15-13-16-42-50(7,8)39-30-36(70(64,65)66)20-21-40(39)54(42)28-12-10-11-17-45(58)68-55-43(56)22-23-44(55)57/h13,15-16,18-21,29-30,59H,10-12,14,17,22-28H2,1-9H3,(H,53,60)(H,61,62,63)(H,64,65,66)/b15-13+,42-16+,52-41?. The monoisotopic (exact) mass is 1000 g/mol. The fraction of sp³-hybridized carbons (Fsp3) is 0.471. The Kier molecular flexibility index (Phi) is 15.6. The van der Waals surface area contributed by atoms with Gasteiger partial charge in [0.1, 0.15) is 11.5 Å². The maximum atomic E-state index is 13.7. The number of allylic oxidation sites excluding steroid dienone is 4. The molecule has 3 heterocycles. The number of hydrogen-bond acceptors (Lipinski definition) is 13. The average Bonchev–Trinajstić information content (AvgIpc) is 3.71. The fourth-order valence-electron chi connectivity index (χ4n) is 9.41. The number of hydrogen-bond donors (Lipinski definition) is 4. The van der Waals surface area contributed by atoms with Crippen molar-refractivity contribution >= 4 is 55.3 Å². The number of hydroxylamine groups is 2. The van der Waals surface area contributed by atoms with E-state index in [2.05, 4.69) is 5.32 Å². The number of nitrogens with one attached hydrogen (secondary N) is 1. The number of benzene rings is 3. The molecule has 3 amide bonds. The van der Waals surface area contributed by atoms with Crippen LogP contribution in [-0.4, -0.2) is 90.7 Å². The van der Waals surface area contributed by atoms with Gasteiger partial charge in [-0.2, -0.15) is 16.8 Å². The molecular weight excluding hydrogens is 941 g/mol. The molecule has 1 atom stereocenters. The van der Waals surface area contributed by atoms with Crippen LogP contribution in [0.2, 0.25) is 0 Å². The third-order valence-corrected chi connectivity index (χ3v) is 15.6. The number of imide groups is 1. The van der Waals surface area contributed by atoms with Crippen LogP contribution in [0.5, 0.6) is 11.5 Å². The van der Waals surface area contributed by atoms with Gasteiger partial charge in [-0.25, -0.2) is 4.79 Å². The van der Waals surface area contributed by atoms with E-state index >= 15 is 0 Å². The molecule has 1 unspecified atom stereocenters. The molecule has 3 aliphatic rings. The molecule has 4 N–H and O–H groups in total. The summed E-state index contributed by atoms with van der Waals surface area (Å²) in [7, 11) is -9.08. The smallest absolute Gasteiger partial charge is 0.333 e. The van der Waals surface area contributed by atoms with Gasteiger partial charge in [0, 0.05) is 78.8 Å². The van der Waals surface area contributed by atoms with Crippen LogP contribution in [0.3, 0.4) is 0 Å². The molecule has 70 heavy (non-hydrogen) atoms. The van der Waals surface area contributed by atoms with E-state index in [1.54, 1.807) is 19.1 Å². The first kappa shape index (κ1) is 53.5. The van der Waals surface area contributed by atoms with Crippen molar-refractivity contribution in [2.24, 2.45) is 4.99 Å². The second-order valence-electron chi connectivity index (χ2n) is 19.5. The number of unbranched alkanes of at least 4 members (excludes halogenated alkanes) is 2. The third-order valence-electron chi connectivity index (χ3n) is 13.9. The molecule has 0 aliphatic carbocycles. The summed E-state index contributed by atoms with van der Waals surface area (Å²) in [4.78, 5) is 61.5. The van der Waals surface area contributed by atoms with Crippen LogP contribution >= 0.6 is 0 Å². The Bertz CT molecular complexity index is 2920. The van der Waals surface area contributed by atoms with Gasteiger partial charge in [0.2, 0.25) is 0 Å². The number of amides is 3. The number of ether oxygens (including phenoxy) is 1. The number of fused-ring (bicyclic) bond motifs is 2. The number of aryl methyl sites for hydroxylation is 1. The Morgan fingerprint density at radius 2 is 1.51 bits per heavy atom. The van der Waals surface area contributed by atoms with Gasteiger partial charge in [-0.15, -0.1) is 5.06 Å². The highest BCUT2D eigenvalue weighted by Gasteiger charge is 2.42. The molecule has 0 aromatic heterocycles. The van der Waals surface area contributed by atoms with Crippen molar-refractivity contribution in [2.75, 3.05) is 24.5 Å². The molecule has 0 spiro atoms. The lowest BCUT2D eigenvalue weighted by Crippen LogP contribution is -2.51. The minimum absolute atomic E-state index is 0.00478. The van der Waals surface area contributed by atoms with Crippen molar-refractivity contribution in [3.63, 3.8) is 0 Å². The summed E-state index contributed by atoms with van der Waals surface area (Å²) in [6, 6.07) is 8.81. The highest BCUT2D eigenvalue weighted by atomic mass is 32.2. The van der Waals surface area contributed by atoms with Gasteiger partial charge >= 0.3 is 5.97 Å². The van der Waals surface area contributed by atoms with Crippen LogP contribution in [0.25, 0.3) is 0 Å². The van der Waals surface area contributed by atoms with Crippen molar-refractivity contribution in [1.82, 2.24) is 10.4 Å². The van der Waals surface area contributed by atoms with Crippen LogP contribution < -0.4 is 15.0 Å². The van der Waals surface area contributed by atoms with Crippen molar-refractivity contribution < 1.29 is 59.8 Å². The van der Waals surface area contributed by atoms with E-state index in [4.69, 9.17) is 14.6 Å². The summed E-state index contributed by atoms with van der Waals surface area (Å²) < 4.78 is 75.5. The maximum absolute atomic E-state index is 13.7. The van der Waals surface area contributed by atoms with Gasteiger partial charge in [0.15, 0.2) is 5.60 Å². The van der Waals surface area contributed by atoms with Crippen molar-refractivity contribution in [3.05, 3.63) is 99.3 Å². The Balaban J connectivity index is 1.24. The van der Waals surface area contributed by atoms with Gasteiger partial charge in [0.05, 0.1) is 9.79 Å². The first-order chi connectivity index (χ1) is 32.6. The van der Waals surface area contributed by atoms with Crippen molar-refractivity contribution in [2.45, 2.75) is 146 Å². The van der Waals surface area contributed by atoms with Gasteiger partial charge in [-0.1, -0.05) is 46.3 Å². The molecule has 0 bridgehead atoms. The average molecular weight is 1010 g/mol. The highest BCUT2D eigenvalue weighted by molar-refractivity contribution is 7.86. The van der Waals surface area contributed by atoms with E-state index in [9.17, 15) is 50.2 Å². The highest BCUT2D eigenvalue weighted by Crippen LogP contribution is 2.49. The first-order valence-electron chi connectivity index (χ1n) is 23.4. The molecule has 1 fully saturated rings. The zero-order valence-corrected chi connectivity index (χ0v) is 42.9. The largest absolute Gasteiger partial charge is 0.507 e. The number of aliphatic imine (C=N–C) groups is 1. The molecule has 17 nitrogen and oxygen atoms in total. The Labute approximate surface area is 410 Å². The molecule has 6 rings (SSSR count). The fourth-order valence-corrected chi connectivity index (χ4v) is 10.4. The first-order valence-corrected chi connectivity index (χ1v) is 26.2. The van der Waals surface area contributed by atoms with E-state index < -0.39 is 54.5 Å². The maximum Gasteiger partial charge on any atom is 0.333 e. The Morgan fingerprint density at radius 3 is 2.17 bits per heavy atom. The summed E-state index contributed by atoms with van der Waals surface area (Å²) in [6.07, 6.45) is 8.43. The number of carbonyl (C=O) groups excluding carboxylic acids is 4. The molecule has 0 radical (unpaired) electrons. The van der Waals surface area contributed by atoms with Crippen LogP contribution in [-0.2, 0) is 61.5 Å². The Hall–Kier alpha value is -5.89. The van der Waals surface area contributed by atoms with E-state index in [1.807, 2.05) is 78.5 Å². The molecule has 378 valence electrons. The zero-order chi connectivity index (χ0) is 51.7. The number of anilines is 1. The van der Waals surface area contributed by atoms with Gasteiger partial charge in [-0.3, -0.25) is 28.5 Å². The van der Waals surface area contributed by atoms with E-state index in [1.165, 1.54) is 24.3 Å². The van der Waals surface area contributed by atoms with E-state index in [0.29, 0.717) is 84.0 Å². The van der Waals surface area contributed by atoms with Crippen LogP contribution in [0.1, 0.15) is 125 Å². The zero-order valence-electron chi connectivity index (χ0n) is 41.3. The summed E-state index contributed by atoms with van der Waals surface area (Å²) in [5, 5.41) is 14.1. The summed E-state index contributed by atoms with van der Waals surface area (Å²) in [6.45, 7) is 17.7. The van der Waals surface area contributed by atoms with Crippen molar-refractivity contribution in [3.8, 4) is 11.5 Å². The van der Waals surface area contributed by atoms with Crippen LogP contribution in [0, 0.1) is 27.7 Å². The summed E-state index contributed by atoms with van der Waals surface area (Å²) >= 11 is 0. The summed E-state index contributed by atoms with van der Waals surface area (Å²) in [5.74, 6) is -1.23. The number of phenolic OH excluding ortho intramolecular Hbond substituents is 1. The molecule has 0 saturated carbocycles. The molecule has 3 aliphatic heterocycles. The number of nitrogens with zero attached hydrogens (tertiary/aromatic N) is 3. The lowest BCUT2D eigenvalue weighted by molar-refractivity contribution is -0.197. The van der Waals surface area contributed by atoms with E-state index in [0.717, 1.165) is 28.0 Å². The van der Waals surface area contributed by atoms with Gasteiger partial charge in [-0.05, 0) is 136 Å². The third kappa shape index (κ3) is 11.2. The van der Waals surface area contributed by atoms with Gasteiger partial charge < -0.3 is 24.9 Å². The molecule has 3 aromatic carbocycles. The van der Waals surface area contributed by atoms with E-state index in [-0.39, 0.29) is 53.8 Å². The lowest BCUT2D eigenvalue weighted by atomic mass is 9.77. The Morgan fingerprint density at radius 1 is 0.871 bits per heavy atom. The van der Waals surface area contributed by atoms with Crippen LogP contribution in [0.15, 0.2) is 75.1 Å². The molecule has 1 saturated heterocycles. The normalized spacial score (nSPS) is 18.9. The predicted octanol–water partition coefficient (Wildman–Crippen LogP) is 7.53. The molecule has 3 aromatic rings. The predicted molar refractivity (Wildman–Crippen MR) is 263 cm³/mol.